The fraction of sp³-hybridized carbons (Fsp3) is 0.950. The van der Waals surface area contributed by atoms with E-state index in [1.807, 2.05) is 41.5 Å². The Morgan fingerprint density at radius 1 is 0.816 bits per heavy atom. The number of aliphatic hydroxyl groups excluding tert-OH is 1. The molecule has 0 aromatic carbocycles. The van der Waals surface area contributed by atoms with Crippen LogP contribution in [0.15, 0.2) is 0 Å². The van der Waals surface area contributed by atoms with Crippen LogP contribution in [-0.2, 0) is 23.8 Å². The third-order valence-corrected chi connectivity index (χ3v) is 16.2. The van der Waals surface area contributed by atoms with E-state index >= 15 is 0 Å². The van der Waals surface area contributed by atoms with Gasteiger partial charge in [-0.2, -0.15) is 0 Å². The number of rotatable bonds is 8. The van der Waals surface area contributed by atoms with Crippen LogP contribution in [0.3, 0.4) is 0 Å². The topological polar surface area (TPSA) is 154 Å². The quantitative estimate of drug-likeness (QED) is 0.242. The first-order valence-electron chi connectivity index (χ1n) is 19.4. The van der Waals surface area contributed by atoms with Crippen LogP contribution >= 0.6 is 0 Å². The molecule has 1 heterocycles. The van der Waals surface area contributed by atoms with Crippen molar-refractivity contribution in [2.24, 2.45) is 68.1 Å². The molecular formula is C40H68N2O7. The van der Waals surface area contributed by atoms with Gasteiger partial charge >= 0.3 is 11.9 Å². The molecule has 6 N–H and O–H groups in total. The van der Waals surface area contributed by atoms with E-state index < -0.39 is 34.8 Å². The molecule has 0 radical (unpaired) electrons. The maximum absolute atomic E-state index is 13.7. The van der Waals surface area contributed by atoms with Crippen molar-refractivity contribution in [1.29, 1.82) is 0 Å². The van der Waals surface area contributed by atoms with E-state index in [0.29, 0.717) is 12.8 Å². The van der Waals surface area contributed by atoms with Gasteiger partial charge in [0.2, 0.25) is 0 Å². The SMILES string of the molecule is CC(C)C(N)C(=O)O[C@H]1CC[C@]23CC24CC[C@]2(C)[C@@H]([C@@]5(C)CC[C@@H](C(C)(C)O)O5)[C@@H](O)C[C@@]2(C)C4C[C@H](OC(=O)[C@H](N)C(C)C)[C@H]3C1(C)C. The molecule has 6 fully saturated rings. The number of nitrogens with two attached hydrogens (primary N) is 2. The number of hydrogen-bond acceptors (Lipinski definition) is 9. The van der Waals surface area contributed by atoms with Crippen LogP contribution in [0, 0.1) is 56.7 Å². The fourth-order valence-electron chi connectivity index (χ4n) is 13.4. The van der Waals surface area contributed by atoms with Crippen molar-refractivity contribution in [1.82, 2.24) is 0 Å². The Morgan fingerprint density at radius 2 is 1.41 bits per heavy atom. The second-order valence-corrected chi connectivity index (χ2v) is 20.3. The lowest BCUT2D eigenvalue weighted by atomic mass is 9.41. The molecule has 6 aliphatic rings. The third-order valence-electron chi connectivity index (χ3n) is 16.2. The van der Waals surface area contributed by atoms with Crippen molar-refractivity contribution in [3.63, 3.8) is 0 Å². The van der Waals surface area contributed by atoms with E-state index in [-0.39, 0.29) is 81.5 Å². The maximum atomic E-state index is 13.7. The molecule has 2 spiro atoms. The molecule has 49 heavy (non-hydrogen) atoms. The predicted molar refractivity (Wildman–Crippen MR) is 188 cm³/mol. The van der Waals surface area contributed by atoms with E-state index in [2.05, 4.69) is 34.6 Å². The standard InChI is InChI=1S/C40H68N2O7/c1-21(2)28(41)32(44)47-24-18-25-37(10)19-23(43)30(38(11)14-12-27(49-38)35(7,8)46)36(37,9)16-17-39(25)20-40(39)15-13-26(34(5,6)31(24)40)48-33(45)29(42)22(3)4/h21-31,43,46H,12-20,41-42H2,1-11H3/t23-,24-,25?,26-,27-,28+,29?,30-,31-,36+,37-,38+,39?,40+/m0/s1. The molecule has 5 saturated carbocycles. The van der Waals surface area contributed by atoms with Gasteiger partial charge in [-0.1, -0.05) is 55.4 Å². The van der Waals surface area contributed by atoms with Gasteiger partial charge in [0.15, 0.2) is 0 Å². The van der Waals surface area contributed by atoms with Gasteiger partial charge < -0.3 is 35.9 Å². The number of ether oxygens (including phenoxy) is 3. The summed E-state index contributed by atoms with van der Waals surface area (Å²) in [6.45, 7) is 22.8. The Labute approximate surface area is 295 Å². The Hall–Kier alpha value is -1.26. The zero-order chi connectivity index (χ0) is 36.5. The minimum atomic E-state index is -0.950. The van der Waals surface area contributed by atoms with Gasteiger partial charge in [-0.3, -0.25) is 9.59 Å². The molecule has 3 unspecified atom stereocenters. The average Bonchev–Trinajstić information content (AvgIpc) is 3.35. The first-order valence-corrected chi connectivity index (χ1v) is 19.4. The molecule has 0 bridgehead atoms. The number of carbonyl (C=O) groups excluding carboxylic acids is 2. The van der Waals surface area contributed by atoms with Crippen LogP contribution < -0.4 is 11.5 Å². The van der Waals surface area contributed by atoms with Crippen molar-refractivity contribution >= 4 is 11.9 Å². The minimum absolute atomic E-state index is 0.000284. The highest BCUT2D eigenvalue weighted by Gasteiger charge is 2.85. The first-order chi connectivity index (χ1) is 22.4. The molecule has 0 amide bonds. The molecule has 0 aromatic rings. The van der Waals surface area contributed by atoms with Crippen LogP contribution in [0.4, 0.5) is 0 Å². The van der Waals surface area contributed by atoms with Crippen LogP contribution in [0.5, 0.6) is 0 Å². The summed E-state index contributed by atoms with van der Waals surface area (Å²) in [6.07, 6.45) is 6.20. The molecule has 9 heteroatoms. The monoisotopic (exact) mass is 689 g/mol. The predicted octanol–water partition coefficient (Wildman–Crippen LogP) is 5.51. The van der Waals surface area contributed by atoms with Gasteiger partial charge in [-0.25, -0.2) is 0 Å². The normalized spacial score (nSPS) is 48.2. The summed E-state index contributed by atoms with van der Waals surface area (Å²) >= 11 is 0. The van der Waals surface area contributed by atoms with Crippen molar-refractivity contribution in [3.05, 3.63) is 0 Å². The van der Waals surface area contributed by atoms with Crippen LogP contribution in [0.2, 0.25) is 0 Å². The number of esters is 2. The Kier molecular flexibility index (Phi) is 8.89. The first kappa shape index (κ1) is 37.5. The van der Waals surface area contributed by atoms with Crippen molar-refractivity contribution in [2.45, 2.75) is 182 Å². The van der Waals surface area contributed by atoms with E-state index in [1.165, 1.54) is 0 Å². The summed E-state index contributed by atoms with van der Waals surface area (Å²) in [7, 11) is 0. The average molecular weight is 689 g/mol. The van der Waals surface area contributed by atoms with E-state index in [0.717, 1.165) is 44.9 Å². The molecular weight excluding hydrogens is 620 g/mol. The van der Waals surface area contributed by atoms with Gasteiger partial charge in [0.05, 0.1) is 23.4 Å². The molecule has 280 valence electrons. The second kappa shape index (κ2) is 11.6. The Balaban J connectivity index is 1.37. The number of fused-ring (bicyclic) bond motifs is 2. The molecule has 14 atom stereocenters. The minimum Gasteiger partial charge on any atom is -0.461 e. The lowest BCUT2D eigenvalue weighted by Crippen LogP contribution is -2.63. The fourth-order valence-corrected chi connectivity index (χ4v) is 13.4. The van der Waals surface area contributed by atoms with Crippen LogP contribution in [0.25, 0.3) is 0 Å². The van der Waals surface area contributed by atoms with Gasteiger partial charge in [0.1, 0.15) is 24.3 Å². The number of carbonyl (C=O) groups is 2. The summed E-state index contributed by atoms with van der Waals surface area (Å²) in [4.78, 5) is 26.9. The van der Waals surface area contributed by atoms with E-state index in [9.17, 15) is 19.8 Å². The summed E-state index contributed by atoms with van der Waals surface area (Å²) in [6, 6.07) is -1.41. The summed E-state index contributed by atoms with van der Waals surface area (Å²) in [5.41, 5.74) is 10.3. The van der Waals surface area contributed by atoms with Gasteiger partial charge in [0, 0.05) is 17.3 Å². The molecule has 9 nitrogen and oxygen atoms in total. The van der Waals surface area contributed by atoms with Crippen molar-refractivity contribution in [3.8, 4) is 0 Å². The number of hydrogen-bond donors (Lipinski definition) is 4. The lowest BCUT2D eigenvalue weighted by Gasteiger charge is -2.64. The number of aliphatic hydroxyl groups is 2. The van der Waals surface area contributed by atoms with Crippen molar-refractivity contribution < 1.29 is 34.0 Å². The highest BCUT2D eigenvalue weighted by atomic mass is 16.6. The molecule has 1 aliphatic heterocycles. The summed E-state index contributed by atoms with van der Waals surface area (Å²) in [5, 5.41) is 23.0. The second-order valence-electron chi connectivity index (χ2n) is 20.3. The highest BCUT2D eigenvalue weighted by molar-refractivity contribution is 5.76. The van der Waals surface area contributed by atoms with Gasteiger partial charge in [-0.05, 0) is 118 Å². The maximum Gasteiger partial charge on any atom is 0.323 e. The van der Waals surface area contributed by atoms with Gasteiger partial charge in [-0.15, -0.1) is 0 Å². The smallest absolute Gasteiger partial charge is 0.323 e. The molecule has 1 saturated heterocycles. The third kappa shape index (κ3) is 5.23. The van der Waals surface area contributed by atoms with Crippen molar-refractivity contribution in [2.75, 3.05) is 0 Å². The van der Waals surface area contributed by atoms with Gasteiger partial charge in [0.25, 0.3) is 0 Å². The molecule has 0 aromatic heterocycles. The Bertz CT molecular complexity index is 1330. The summed E-state index contributed by atoms with van der Waals surface area (Å²) in [5.74, 6) is -0.648. The highest BCUT2D eigenvalue weighted by Crippen LogP contribution is 2.89. The zero-order valence-corrected chi connectivity index (χ0v) is 32.3. The van der Waals surface area contributed by atoms with Crippen LogP contribution in [-0.4, -0.2) is 69.9 Å². The molecule has 5 aliphatic carbocycles. The molecule has 6 rings (SSSR count). The summed E-state index contributed by atoms with van der Waals surface area (Å²) < 4.78 is 19.6. The van der Waals surface area contributed by atoms with Crippen LogP contribution in [0.1, 0.15) is 134 Å². The van der Waals surface area contributed by atoms with E-state index in [1.54, 1.807) is 0 Å². The largest absolute Gasteiger partial charge is 0.461 e. The van der Waals surface area contributed by atoms with E-state index in [4.69, 9.17) is 25.7 Å². The zero-order valence-electron chi connectivity index (χ0n) is 32.3. The lowest BCUT2D eigenvalue weighted by molar-refractivity contribution is -0.226. The Morgan fingerprint density at radius 3 is 1.96 bits per heavy atom.